The maximum atomic E-state index is 13.0. The summed E-state index contributed by atoms with van der Waals surface area (Å²) in [5.74, 6) is -0.404. The average Bonchev–Trinajstić information content (AvgIpc) is 3.07. The van der Waals surface area contributed by atoms with Crippen LogP contribution in [0, 0.1) is 0 Å². The number of aryl methyl sites for hydroxylation is 1. The first-order valence-electron chi connectivity index (χ1n) is 8.79. The van der Waals surface area contributed by atoms with Gasteiger partial charge in [-0.2, -0.15) is 14.9 Å². The Kier molecular flexibility index (Phi) is 4.74. The van der Waals surface area contributed by atoms with Gasteiger partial charge in [-0.25, -0.2) is 0 Å². The van der Waals surface area contributed by atoms with E-state index in [1.165, 1.54) is 16.9 Å². The molecule has 0 atom stereocenters. The number of halogens is 1. The summed E-state index contributed by atoms with van der Waals surface area (Å²) in [4.78, 5) is 27.9. The molecule has 2 aromatic heterocycles. The van der Waals surface area contributed by atoms with Crippen LogP contribution in [0.1, 0.15) is 10.4 Å². The lowest BCUT2D eigenvalue weighted by molar-refractivity contribution is 0.0855. The molecule has 0 unspecified atom stereocenters. The third kappa shape index (κ3) is 3.56. The molecule has 144 valence electrons. The normalized spacial score (nSPS) is 14.7. The quantitative estimate of drug-likeness (QED) is 0.716. The molecule has 1 aromatic carbocycles. The van der Waals surface area contributed by atoms with Crippen LogP contribution < -0.4 is 10.9 Å². The van der Waals surface area contributed by atoms with Gasteiger partial charge in [0.1, 0.15) is 11.3 Å². The second-order valence-electron chi connectivity index (χ2n) is 6.93. The molecule has 0 bridgehead atoms. The van der Waals surface area contributed by atoms with Crippen LogP contribution in [0.15, 0.2) is 47.5 Å². The Labute approximate surface area is 166 Å². The zero-order chi connectivity index (χ0) is 19.8. The number of likely N-dealkylation sites (N-methyl/N-ethyl adjacent to an activating group) is 1. The van der Waals surface area contributed by atoms with E-state index in [4.69, 9.17) is 11.6 Å². The van der Waals surface area contributed by atoms with Crippen LogP contribution in [0.5, 0.6) is 0 Å². The molecule has 1 N–H and O–H groups in total. The number of likely N-dealkylation sites (tertiary alicyclic amines) is 1. The molecule has 9 heteroatoms. The van der Waals surface area contributed by atoms with Crippen LogP contribution in [-0.4, -0.2) is 56.5 Å². The molecule has 0 radical (unpaired) electrons. The highest BCUT2D eigenvalue weighted by Crippen LogP contribution is 2.20. The van der Waals surface area contributed by atoms with Crippen molar-refractivity contribution in [2.24, 2.45) is 7.05 Å². The number of hydrogen-bond acceptors (Lipinski definition) is 5. The largest absolute Gasteiger partial charge is 0.347 e. The number of aromatic nitrogens is 4. The minimum atomic E-state index is -0.490. The second kappa shape index (κ2) is 7.21. The lowest BCUT2D eigenvalue weighted by atomic mass is 10.1. The van der Waals surface area contributed by atoms with E-state index in [9.17, 15) is 9.59 Å². The van der Waals surface area contributed by atoms with E-state index in [1.54, 1.807) is 42.2 Å². The zero-order valence-electron chi connectivity index (χ0n) is 15.5. The Balaban J connectivity index is 1.79. The number of nitrogens with one attached hydrogen (secondary N) is 1. The van der Waals surface area contributed by atoms with E-state index in [1.807, 2.05) is 7.05 Å². The Bertz CT molecular complexity index is 1080. The van der Waals surface area contributed by atoms with E-state index >= 15 is 0 Å². The second-order valence-corrected chi connectivity index (χ2v) is 7.37. The smallest absolute Gasteiger partial charge is 0.284 e. The van der Waals surface area contributed by atoms with Gasteiger partial charge >= 0.3 is 0 Å². The Hall–Kier alpha value is -2.97. The van der Waals surface area contributed by atoms with Crippen molar-refractivity contribution >= 4 is 17.5 Å². The highest BCUT2D eigenvalue weighted by molar-refractivity contribution is 6.30. The summed E-state index contributed by atoms with van der Waals surface area (Å²) in [6.45, 7) is 1.52. The molecule has 0 aliphatic carbocycles. The molecule has 3 heterocycles. The van der Waals surface area contributed by atoms with Gasteiger partial charge in [-0.05, 0) is 25.2 Å². The zero-order valence-corrected chi connectivity index (χ0v) is 16.2. The Morgan fingerprint density at radius 2 is 1.93 bits per heavy atom. The fourth-order valence-corrected chi connectivity index (χ4v) is 3.29. The van der Waals surface area contributed by atoms with E-state index in [0.717, 1.165) is 18.7 Å². The van der Waals surface area contributed by atoms with Crippen molar-refractivity contribution < 1.29 is 4.79 Å². The van der Waals surface area contributed by atoms with Crippen LogP contribution in [0.2, 0.25) is 5.02 Å². The van der Waals surface area contributed by atoms with Gasteiger partial charge in [0.15, 0.2) is 0 Å². The van der Waals surface area contributed by atoms with E-state index in [2.05, 4.69) is 20.4 Å². The van der Waals surface area contributed by atoms with Gasteiger partial charge in [0.25, 0.3) is 11.5 Å². The summed E-state index contributed by atoms with van der Waals surface area (Å²) in [5, 5.41) is 12.0. The number of carbonyl (C=O) groups excluding carboxylic acids is 1. The number of rotatable bonds is 4. The van der Waals surface area contributed by atoms with Crippen molar-refractivity contribution in [3.63, 3.8) is 0 Å². The minimum absolute atomic E-state index is 0.0379. The van der Waals surface area contributed by atoms with Gasteiger partial charge in [0.2, 0.25) is 0 Å². The summed E-state index contributed by atoms with van der Waals surface area (Å²) < 4.78 is 2.78. The minimum Gasteiger partial charge on any atom is -0.347 e. The predicted octanol–water partition coefficient (Wildman–Crippen LogP) is 1.33. The van der Waals surface area contributed by atoms with Gasteiger partial charge in [0, 0.05) is 30.7 Å². The van der Waals surface area contributed by atoms with E-state index in [0.29, 0.717) is 16.4 Å². The molecule has 0 spiro atoms. The molecular formula is C19H19ClN6O2. The summed E-state index contributed by atoms with van der Waals surface area (Å²) in [6, 6.07) is 8.63. The summed E-state index contributed by atoms with van der Waals surface area (Å²) >= 11 is 5.97. The number of amides is 1. The lowest BCUT2D eigenvalue weighted by Crippen LogP contribution is -2.58. The molecule has 4 rings (SSSR count). The van der Waals surface area contributed by atoms with Crippen molar-refractivity contribution in [3.05, 3.63) is 63.7 Å². The first-order valence-corrected chi connectivity index (χ1v) is 9.17. The van der Waals surface area contributed by atoms with Crippen molar-refractivity contribution in [1.82, 2.24) is 29.8 Å². The molecule has 1 saturated heterocycles. The van der Waals surface area contributed by atoms with Gasteiger partial charge in [-0.1, -0.05) is 23.7 Å². The third-order valence-corrected chi connectivity index (χ3v) is 4.88. The molecule has 8 nitrogen and oxygen atoms in total. The average molecular weight is 399 g/mol. The third-order valence-electron chi connectivity index (χ3n) is 4.63. The molecule has 28 heavy (non-hydrogen) atoms. The van der Waals surface area contributed by atoms with Crippen LogP contribution in [0.4, 0.5) is 0 Å². The maximum absolute atomic E-state index is 13.0. The number of benzene rings is 1. The topological polar surface area (TPSA) is 85.1 Å². The Morgan fingerprint density at radius 3 is 2.54 bits per heavy atom. The molecular weight excluding hydrogens is 380 g/mol. The lowest BCUT2D eigenvalue weighted by Gasteiger charge is -2.36. The SMILES string of the molecule is CN1CC(NC(=O)c2cc(-c3ccc(Cl)cc3)nn(-c3cnn(C)c3)c2=O)C1. The highest BCUT2D eigenvalue weighted by atomic mass is 35.5. The molecule has 1 fully saturated rings. The first kappa shape index (κ1) is 18.4. The number of nitrogens with zero attached hydrogens (tertiary/aromatic N) is 5. The maximum Gasteiger partial charge on any atom is 0.284 e. The standard InChI is InChI=1S/C19H19ClN6O2/c1-24-9-14(10-24)22-18(27)16-7-17(12-3-5-13(20)6-4-12)23-26(19(16)28)15-8-21-25(2)11-15/h3-8,11,14H,9-10H2,1-2H3,(H,22,27). The van der Waals surface area contributed by atoms with Crippen LogP contribution in [-0.2, 0) is 7.05 Å². The number of carbonyl (C=O) groups is 1. The van der Waals surface area contributed by atoms with Gasteiger partial charge in [-0.3, -0.25) is 14.3 Å². The predicted molar refractivity (Wildman–Crippen MR) is 106 cm³/mol. The Morgan fingerprint density at radius 1 is 1.21 bits per heavy atom. The van der Waals surface area contributed by atoms with Crippen LogP contribution in [0.3, 0.4) is 0 Å². The van der Waals surface area contributed by atoms with Crippen LogP contribution >= 0.6 is 11.6 Å². The molecule has 3 aromatic rings. The van der Waals surface area contributed by atoms with Crippen molar-refractivity contribution in [3.8, 4) is 16.9 Å². The van der Waals surface area contributed by atoms with E-state index < -0.39 is 11.5 Å². The molecule has 0 saturated carbocycles. The summed E-state index contributed by atoms with van der Waals surface area (Å²) in [5.41, 5.74) is 1.28. The first-order chi connectivity index (χ1) is 13.4. The molecule has 1 amide bonds. The summed E-state index contributed by atoms with van der Waals surface area (Å²) in [6.07, 6.45) is 3.20. The molecule has 1 aliphatic rings. The van der Waals surface area contributed by atoms with E-state index in [-0.39, 0.29) is 11.6 Å². The monoisotopic (exact) mass is 398 g/mol. The summed E-state index contributed by atoms with van der Waals surface area (Å²) in [7, 11) is 3.72. The van der Waals surface area contributed by atoms with Crippen LogP contribution in [0.25, 0.3) is 16.9 Å². The fourth-order valence-electron chi connectivity index (χ4n) is 3.17. The van der Waals surface area contributed by atoms with Gasteiger partial charge in [0.05, 0.1) is 24.1 Å². The van der Waals surface area contributed by atoms with Crippen molar-refractivity contribution in [1.29, 1.82) is 0 Å². The van der Waals surface area contributed by atoms with Crippen molar-refractivity contribution in [2.45, 2.75) is 6.04 Å². The van der Waals surface area contributed by atoms with Gasteiger partial charge in [-0.15, -0.1) is 0 Å². The van der Waals surface area contributed by atoms with Crippen molar-refractivity contribution in [2.75, 3.05) is 20.1 Å². The fraction of sp³-hybridized carbons (Fsp3) is 0.263. The highest BCUT2D eigenvalue weighted by Gasteiger charge is 2.27. The number of hydrogen-bond donors (Lipinski definition) is 1. The van der Waals surface area contributed by atoms with Gasteiger partial charge < -0.3 is 10.2 Å². The molecule has 1 aliphatic heterocycles.